The molecule has 0 saturated carbocycles. The first-order valence-corrected chi connectivity index (χ1v) is 1.54. The van der Waals surface area contributed by atoms with Gasteiger partial charge in [-0.15, -0.1) is 0 Å². The molecule has 0 unspecified atom stereocenters. The molecule has 0 fully saturated rings. The molecule has 0 heterocycles. The first-order valence-electron chi connectivity index (χ1n) is 0.812. The summed E-state index contributed by atoms with van der Waals surface area (Å²) in [4.78, 5) is 0. The van der Waals surface area contributed by atoms with Gasteiger partial charge in [-0.3, -0.25) is 0 Å². The van der Waals surface area contributed by atoms with E-state index < -0.39 is 0 Å². The van der Waals surface area contributed by atoms with Crippen LogP contribution in [0.4, 0.5) is 0 Å². The van der Waals surface area contributed by atoms with Crippen LogP contribution in [0, 0.1) is 0 Å². The quantitative estimate of drug-likeness (QED) is 0.381. The SMILES string of the molecule is CO.OSO. The van der Waals surface area contributed by atoms with E-state index in [1.54, 1.807) is 0 Å². The Bertz CT molecular complexity index is 6.85. The van der Waals surface area contributed by atoms with Gasteiger partial charge in [-0.1, -0.05) is 0 Å². The van der Waals surface area contributed by atoms with Gasteiger partial charge in [0.05, 0.1) is 0 Å². The highest BCUT2D eigenvalue weighted by molar-refractivity contribution is 7.87. The smallest absolute Gasteiger partial charge is 0.152 e. The first kappa shape index (κ1) is 8.97. The molecule has 0 amide bonds. The second-order valence-electron chi connectivity index (χ2n) is 0.0816. The summed E-state index contributed by atoms with van der Waals surface area (Å²) < 4.78 is 14.1. The molecule has 3 nitrogen and oxygen atoms in total. The second kappa shape index (κ2) is 29.2. The third-order valence-corrected chi connectivity index (χ3v) is 0. The normalized spacial score (nSPS) is 4.80. The molecular weight excluding hydrogens is 92.1 g/mol. The van der Waals surface area contributed by atoms with Crippen molar-refractivity contribution in [3.63, 3.8) is 0 Å². The predicted octanol–water partition coefficient (Wildman–Crippen LogP) is 0.274. The highest BCUT2D eigenvalue weighted by Crippen LogP contribution is 1.67. The number of hydrogen-bond acceptors (Lipinski definition) is 4. The minimum absolute atomic E-state index is 0.250. The summed E-state index contributed by atoms with van der Waals surface area (Å²) in [7, 11) is 1.00. The van der Waals surface area contributed by atoms with Crippen LogP contribution in [0.2, 0.25) is 0 Å². The Morgan fingerprint density at radius 1 is 1.20 bits per heavy atom. The molecule has 4 heteroatoms. The lowest BCUT2D eigenvalue weighted by atomic mass is 11.8. The molecule has 0 rings (SSSR count). The van der Waals surface area contributed by atoms with Gasteiger partial charge in [0.25, 0.3) is 0 Å². The van der Waals surface area contributed by atoms with E-state index in [4.69, 9.17) is 14.2 Å². The topological polar surface area (TPSA) is 60.7 Å². The van der Waals surface area contributed by atoms with Gasteiger partial charge in [-0.05, 0) is 0 Å². The van der Waals surface area contributed by atoms with Crippen molar-refractivity contribution in [2.24, 2.45) is 0 Å². The Kier molecular flexibility index (Phi) is 52.3. The van der Waals surface area contributed by atoms with Crippen LogP contribution in [0.15, 0.2) is 0 Å². The molecular formula is CH6O3S. The molecule has 0 aromatic carbocycles. The van der Waals surface area contributed by atoms with Gasteiger partial charge in [0, 0.05) is 7.11 Å². The fraction of sp³-hybridized carbons (Fsp3) is 1.00. The van der Waals surface area contributed by atoms with Crippen LogP contribution in [0.1, 0.15) is 0 Å². The van der Waals surface area contributed by atoms with Crippen molar-refractivity contribution in [1.82, 2.24) is 0 Å². The van der Waals surface area contributed by atoms with Crippen molar-refractivity contribution < 1.29 is 14.2 Å². The number of aliphatic hydroxyl groups is 1. The fourth-order valence-corrected chi connectivity index (χ4v) is 0. The van der Waals surface area contributed by atoms with E-state index in [0.717, 1.165) is 7.11 Å². The van der Waals surface area contributed by atoms with Crippen LogP contribution in [0.5, 0.6) is 0 Å². The summed E-state index contributed by atoms with van der Waals surface area (Å²) >= 11 is -0.250. The minimum atomic E-state index is -0.250. The Hall–Kier alpha value is 0.230. The highest BCUT2D eigenvalue weighted by atomic mass is 32.2. The molecule has 0 radical (unpaired) electrons. The zero-order valence-electron chi connectivity index (χ0n) is 2.75. The van der Waals surface area contributed by atoms with Gasteiger partial charge in [0.2, 0.25) is 0 Å². The van der Waals surface area contributed by atoms with Crippen molar-refractivity contribution >= 4 is 12.3 Å². The van der Waals surface area contributed by atoms with Crippen molar-refractivity contribution in [3.05, 3.63) is 0 Å². The van der Waals surface area contributed by atoms with Gasteiger partial charge in [0.1, 0.15) is 0 Å². The molecule has 0 bridgehead atoms. The molecule has 0 aromatic heterocycles. The third kappa shape index (κ3) is 398. The van der Waals surface area contributed by atoms with Gasteiger partial charge < -0.3 is 14.2 Å². The van der Waals surface area contributed by atoms with E-state index in [1.165, 1.54) is 0 Å². The van der Waals surface area contributed by atoms with E-state index in [1.807, 2.05) is 0 Å². The summed E-state index contributed by atoms with van der Waals surface area (Å²) in [5.41, 5.74) is 0. The van der Waals surface area contributed by atoms with Crippen LogP contribution in [0.25, 0.3) is 0 Å². The molecule has 3 N–H and O–H groups in total. The molecule has 0 aliphatic rings. The lowest BCUT2D eigenvalue weighted by Crippen LogP contribution is -1.31. The van der Waals surface area contributed by atoms with Crippen molar-refractivity contribution in [2.75, 3.05) is 7.11 Å². The van der Waals surface area contributed by atoms with Crippen molar-refractivity contribution in [2.45, 2.75) is 0 Å². The molecule has 5 heavy (non-hydrogen) atoms. The van der Waals surface area contributed by atoms with E-state index in [0.29, 0.717) is 0 Å². The molecule has 0 atom stereocenters. The fourth-order valence-electron chi connectivity index (χ4n) is 0. The lowest BCUT2D eigenvalue weighted by Gasteiger charge is -1.51. The number of aliphatic hydroxyl groups excluding tert-OH is 1. The van der Waals surface area contributed by atoms with Crippen LogP contribution in [-0.4, -0.2) is 21.3 Å². The van der Waals surface area contributed by atoms with Crippen LogP contribution >= 0.6 is 12.3 Å². The number of rotatable bonds is 0. The zero-order valence-corrected chi connectivity index (χ0v) is 3.57. The highest BCUT2D eigenvalue weighted by Gasteiger charge is 1.36. The lowest BCUT2D eigenvalue weighted by molar-refractivity contribution is 0.399. The van der Waals surface area contributed by atoms with Crippen molar-refractivity contribution in [3.8, 4) is 0 Å². The average Bonchev–Trinajstić information content (AvgIpc) is 1.46. The van der Waals surface area contributed by atoms with Gasteiger partial charge in [-0.25, -0.2) is 0 Å². The maximum atomic E-state index is 7.04. The van der Waals surface area contributed by atoms with Gasteiger partial charge in [-0.2, -0.15) is 0 Å². The van der Waals surface area contributed by atoms with Crippen LogP contribution in [0.3, 0.4) is 0 Å². The Morgan fingerprint density at radius 2 is 1.20 bits per heavy atom. The molecule has 34 valence electrons. The van der Waals surface area contributed by atoms with Crippen LogP contribution < -0.4 is 0 Å². The van der Waals surface area contributed by atoms with Crippen LogP contribution in [-0.2, 0) is 0 Å². The zero-order chi connectivity index (χ0) is 4.71. The Labute approximate surface area is 34.7 Å². The molecule has 0 aliphatic carbocycles. The van der Waals surface area contributed by atoms with E-state index in [2.05, 4.69) is 0 Å². The summed E-state index contributed by atoms with van der Waals surface area (Å²) in [5.74, 6) is 0. The molecule has 0 saturated heterocycles. The Morgan fingerprint density at radius 3 is 1.20 bits per heavy atom. The largest absolute Gasteiger partial charge is 0.400 e. The molecule has 0 spiro atoms. The first-order chi connectivity index (χ1) is 2.41. The maximum Gasteiger partial charge on any atom is 0.152 e. The minimum Gasteiger partial charge on any atom is -0.400 e. The molecule has 0 aromatic rings. The Balaban J connectivity index is 0. The summed E-state index contributed by atoms with van der Waals surface area (Å²) in [6.45, 7) is 0. The second-order valence-corrected chi connectivity index (χ2v) is 0.245. The monoisotopic (exact) mass is 98.0 g/mol. The summed E-state index contributed by atoms with van der Waals surface area (Å²) in [6.07, 6.45) is 0. The van der Waals surface area contributed by atoms with Gasteiger partial charge >= 0.3 is 0 Å². The van der Waals surface area contributed by atoms with E-state index in [-0.39, 0.29) is 12.3 Å². The maximum absolute atomic E-state index is 7.04. The summed E-state index contributed by atoms with van der Waals surface area (Å²) in [6, 6.07) is 0. The van der Waals surface area contributed by atoms with E-state index in [9.17, 15) is 0 Å². The summed E-state index contributed by atoms with van der Waals surface area (Å²) in [5, 5.41) is 7.00. The average molecular weight is 98.1 g/mol. The van der Waals surface area contributed by atoms with Crippen molar-refractivity contribution in [1.29, 1.82) is 0 Å². The predicted molar refractivity (Wildman–Crippen MR) is 21.0 cm³/mol. The number of hydrogen-bond donors (Lipinski definition) is 3. The van der Waals surface area contributed by atoms with Gasteiger partial charge in [0.15, 0.2) is 12.3 Å². The van der Waals surface area contributed by atoms with E-state index >= 15 is 0 Å². The molecule has 0 aliphatic heterocycles. The standard InChI is InChI=1S/CH4O.H2O2S/c1-2;1-3-2/h2H,1H3;1-2H. The third-order valence-electron chi connectivity index (χ3n) is 0.